The van der Waals surface area contributed by atoms with Gasteiger partial charge in [0.25, 0.3) is 0 Å². The first kappa shape index (κ1) is 20.0. The number of amides is 2. The van der Waals surface area contributed by atoms with E-state index in [9.17, 15) is 9.59 Å². The van der Waals surface area contributed by atoms with E-state index in [1.165, 1.54) is 17.4 Å². The van der Waals surface area contributed by atoms with E-state index in [0.717, 1.165) is 21.3 Å². The molecule has 2 aromatic carbocycles. The minimum absolute atomic E-state index is 0.141. The molecular formula is C21H18BrN3O2S. The van der Waals surface area contributed by atoms with Gasteiger partial charge in [-0.05, 0) is 42.3 Å². The highest BCUT2D eigenvalue weighted by molar-refractivity contribution is 9.10. The topological polar surface area (TPSA) is 71.1 Å². The molecule has 0 saturated carbocycles. The summed E-state index contributed by atoms with van der Waals surface area (Å²) in [4.78, 5) is 28.6. The van der Waals surface area contributed by atoms with Crippen molar-refractivity contribution in [2.75, 3.05) is 10.6 Å². The van der Waals surface area contributed by atoms with Crippen LogP contribution in [0.2, 0.25) is 0 Å². The molecule has 0 aliphatic heterocycles. The highest BCUT2D eigenvalue weighted by atomic mass is 79.9. The number of rotatable bonds is 6. The van der Waals surface area contributed by atoms with Gasteiger partial charge in [-0.1, -0.05) is 46.3 Å². The monoisotopic (exact) mass is 455 g/mol. The zero-order valence-corrected chi connectivity index (χ0v) is 17.5. The molecule has 1 heterocycles. The Bertz CT molecular complexity index is 1020. The normalized spacial score (nSPS) is 10.8. The maximum atomic E-state index is 12.3. The van der Waals surface area contributed by atoms with E-state index < -0.39 is 0 Å². The number of halogens is 1. The van der Waals surface area contributed by atoms with Gasteiger partial charge < -0.3 is 5.32 Å². The number of carbonyl (C=O) groups excluding carboxylic acids is 2. The zero-order valence-electron chi connectivity index (χ0n) is 15.1. The van der Waals surface area contributed by atoms with Crippen LogP contribution in [0.25, 0.3) is 6.08 Å². The van der Waals surface area contributed by atoms with Crippen LogP contribution in [0.5, 0.6) is 0 Å². The van der Waals surface area contributed by atoms with E-state index in [-0.39, 0.29) is 18.2 Å². The molecule has 0 aliphatic carbocycles. The number of nitrogens with zero attached hydrogens (tertiary/aromatic N) is 1. The van der Waals surface area contributed by atoms with Crippen molar-refractivity contribution in [1.29, 1.82) is 0 Å². The summed E-state index contributed by atoms with van der Waals surface area (Å²) in [5.74, 6) is -0.419. The second-order valence-electron chi connectivity index (χ2n) is 6.06. The number of aromatic nitrogens is 1. The quantitative estimate of drug-likeness (QED) is 0.510. The second-order valence-corrected chi connectivity index (χ2v) is 7.84. The molecule has 142 valence electrons. The highest BCUT2D eigenvalue weighted by Crippen LogP contribution is 2.21. The van der Waals surface area contributed by atoms with E-state index in [1.54, 1.807) is 11.5 Å². The van der Waals surface area contributed by atoms with Crippen molar-refractivity contribution in [3.8, 4) is 0 Å². The van der Waals surface area contributed by atoms with E-state index in [2.05, 4.69) is 31.5 Å². The Morgan fingerprint density at radius 3 is 2.68 bits per heavy atom. The van der Waals surface area contributed by atoms with Crippen LogP contribution in [0.15, 0.2) is 64.5 Å². The van der Waals surface area contributed by atoms with Crippen molar-refractivity contribution in [1.82, 2.24) is 4.98 Å². The molecule has 0 saturated heterocycles. The first-order valence-corrected chi connectivity index (χ1v) is 10.2. The molecule has 0 fully saturated rings. The fourth-order valence-electron chi connectivity index (χ4n) is 2.45. The number of nitrogens with one attached hydrogen (secondary N) is 2. The first-order chi connectivity index (χ1) is 13.5. The third-order valence-electron chi connectivity index (χ3n) is 3.81. The van der Waals surface area contributed by atoms with Crippen molar-refractivity contribution in [3.05, 3.63) is 81.3 Å². The van der Waals surface area contributed by atoms with Gasteiger partial charge in [0.1, 0.15) is 0 Å². The molecule has 0 aliphatic rings. The molecule has 0 bridgehead atoms. The third kappa shape index (κ3) is 5.87. The fraction of sp³-hybridized carbons (Fsp3) is 0.0952. The average molecular weight is 456 g/mol. The van der Waals surface area contributed by atoms with Crippen LogP contribution in [-0.2, 0) is 16.0 Å². The van der Waals surface area contributed by atoms with Gasteiger partial charge in [0.2, 0.25) is 11.8 Å². The lowest BCUT2D eigenvalue weighted by Gasteiger charge is -2.07. The molecule has 3 rings (SSSR count). The van der Waals surface area contributed by atoms with Crippen molar-refractivity contribution in [2.24, 2.45) is 0 Å². The fourth-order valence-corrected chi connectivity index (χ4v) is 3.64. The van der Waals surface area contributed by atoms with Crippen LogP contribution in [0.1, 0.15) is 16.8 Å². The Kier molecular flexibility index (Phi) is 6.73. The van der Waals surface area contributed by atoms with Gasteiger partial charge in [-0.25, -0.2) is 4.98 Å². The van der Waals surface area contributed by atoms with Crippen LogP contribution >= 0.6 is 27.3 Å². The largest absolute Gasteiger partial charge is 0.326 e. The van der Waals surface area contributed by atoms with Crippen LogP contribution < -0.4 is 10.6 Å². The van der Waals surface area contributed by atoms with Gasteiger partial charge in [0.05, 0.1) is 12.1 Å². The van der Waals surface area contributed by atoms with Gasteiger partial charge in [0, 0.05) is 21.6 Å². The van der Waals surface area contributed by atoms with Crippen LogP contribution in [0, 0.1) is 6.92 Å². The SMILES string of the molecule is Cc1cc(Br)ccc1NC(=O)Cc1csc(NC(=O)/C=C/c2ccccc2)n1. The highest BCUT2D eigenvalue weighted by Gasteiger charge is 2.10. The average Bonchev–Trinajstić information content (AvgIpc) is 3.10. The molecule has 0 radical (unpaired) electrons. The molecule has 28 heavy (non-hydrogen) atoms. The number of aryl methyl sites for hydroxylation is 1. The predicted octanol–water partition coefficient (Wildman–Crippen LogP) is 5.05. The van der Waals surface area contributed by atoms with E-state index in [4.69, 9.17) is 0 Å². The van der Waals surface area contributed by atoms with Crippen molar-refractivity contribution < 1.29 is 9.59 Å². The molecule has 0 spiro atoms. The van der Waals surface area contributed by atoms with Crippen LogP contribution in [0.3, 0.4) is 0 Å². The number of benzene rings is 2. The lowest BCUT2D eigenvalue weighted by Crippen LogP contribution is -2.15. The lowest BCUT2D eigenvalue weighted by molar-refractivity contribution is -0.115. The summed E-state index contributed by atoms with van der Waals surface area (Å²) < 4.78 is 0.962. The summed E-state index contributed by atoms with van der Waals surface area (Å²) in [6.45, 7) is 1.93. The minimum Gasteiger partial charge on any atom is -0.326 e. The maximum absolute atomic E-state index is 12.3. The van der Waals surface area contributed by atoms with Crippen molar-refractivity contribution in [3.63, 3.8) is 0 Å². The first-order valence-electron chi connectivity index (χ1n) is 8.54. The van der Waals surface area contributed by atoms with Crippen LogP contribution in [0.4, 0.5) is 10.8 Å². The zero-order chi connectivity index (χ0) is 19.9. The van der Waals surface area contributed by atoms with Crippen molar-refractivity contribution >= 4 is 56.0 Å². The summed E-state index contributed by atoms with van der Waals surface area (Å²) in [5.41, 5.74) is 3.29. The summed E-state index contributed by atoms with van der Waals surface area (Å²) in [6, 6.07) is 15.2. The third-order valence-corrected chi connectivity index (χ3v) is 5.11. The molecule has 0 atom stereocenters. The Hall–Kier alpha value is -2.77. The van der Waals surface area contributed by atoms with Gasteiger partial charge in [-0.3, -0.25) is 14.9 Å². The molecule has 3 aromatic rings. The Balaban J connectivity index is 1.54. The van der Waals surface area contributed by atoms with Gasteiger partial charge >= 0.3 is 0 Å². The molecule has 2 N–H and O–H groups in total. The van der Waals surface area contributed by atoms with Gasteiger partial charge in [0.15, 0.2) is 5.13 Å². The molecule has 7 heteroatoms. The molecule has 1 aromatic heterocycles. The predicted molar refractivity (Wildman–Crippen MR) is 117 cm³/mol. The molecule has 5 nitrogen and oxygen atoms in total. The molecular weight excluding hydrogens is 438 g/mol. The van der Waals surface area contributed by atoms with E-state index in [0.29, 0.717) is 10.8 Å². The van der Waals surface area contributed by atoms with E-state index >= 15 is 0 Å². The van der Waals surface area contributed by atoms with Gasteiger partial charge in [-0.15, -0.1) is 11.3 Å². The van der Waals surface area contributed by atoms with Crippen molar-refractivity contribution in [2.45, 2.75) is 13.3 Å². The Morgan fingerprint density at radius 2 is 1.93 bits per heavy atom. The minimum atomic E-state index is -0.264. The number of hydrogen-bond acceptors (Lipinski definition) is 4. The molecule has 2 amide bonds. The Labute approximate surface area is 175 Å². The van der Waals surface area contributed by atoms with Gasteiger partial charge in [-0.2, -0.15) is 0 Å². The second kappa shape index (κ2) is 9.43. The number of anilines is 2. The standard InChI is InChI=1S/C21H18BrN3O2S/c1-14-11-16(22)8-9-18(14)24-20(27)12-17-13-28-21(23-17)25-19(26)10-7-15-5-3-2-4-6-15/h2-11,13H,12H2,1H3,(H,24,27)(H,23,25,26)/b10-7+. The summed E-state index contributed by atoms with van der Waals surface area (Å²) in [6.07, 6.45) is 3.33. The lowest BCUT2D eigenvalue weighted by atomic mass is 10.2. The Morgan fingerprint density at radius 1 is 1.14 bits per heavy atom. The summed E-state index contributed by atoms with van der Waals surface area (Å²) >= 11 is 4.69. The smallest absolute Gasteiger partial charge is 0.250 e. The van der Waals surface area contributed by atoms with E-state index in [1.807, 2.05) is 55.5 Å². The number of carbonyl (C=O) groups is 2. The summed E-state index contributed by atoms with van der Waals surface area (Å²) in [5, 5.41) is 7.83. The molecule has 0 unspecified atom stereocenters. The van der Waals surface area contributed by atoms with Crippen LogP contribution in [-0.4, -0.2) is 16.8 Å². The number of hydrogen-bond donors (Lipinski definition) is 2. The maximum Gasteiger partial charge on any atom is 0.250 e. The number of thiazole rings is 1. The summed E-state index contributed by atoms with van der Waals surface area (Å²) in [7, 11) is 0.